The van der Waals surface area contributed by atoms with Gasteiger partial charge in [0.05, 0.1) is 6.20 Å². The fraction of sp³-hybridized carbons (Fsp3) is 0.500. The maximum atomic E-state index is 5.63. The summed E-state index contributed by atoms with van der Waals surface area (Å²) in [6, 6.07) is -0.0753. The molecule has 0 unspecified atom stereocenters. The van der Waals surface area contributed by atoms with Crippen LogP contribution in [0.1, 0.15) is 11.6 Å². The van der Waals surface area contributed by atoms with Crippen molar-refractivity contribution in [3.63, 3.8) is 0 Å². The summed E-state index contributed by atoms with van der Waals surface area (Å²) >= 11 is 0. The minimum atomic E-state index is -0.0753. The first kappa shape index (κ1) is 7.24. The minimum absolute atomic E-state index is 0.0753. The third-order valence-corrected chi connectivity index (χ3v) is 1.41. The lowest BCUT2D eigenvalue weighted by Gasteiger charge is -2.02. The molecule has 4 heteroatoms. The summed E-state index contributed by atoms with van der Waals surface area (Å²) in [5.74, 6) is 0. The van der Waals surface area contributed by atoms with E-state index in [-0.39, 0.29) is 6.04 Å². The molecule has 1 rings (SSSR count). The van der Waals surface area contributed by atoms with E-state index in [0.29, 0.717) is 6.54 Å². The normalized spacial score (nSPS) is 13.5. The molecule has 4 N–H and O–H groups in total. The van der Waals surface area contributed by atoms with Gasteiger partial charge in [-0.1, -0.05) is 0 Å². The van der Waals surface area contributed by atoms with Gasteiger partial charge in [0.25, 0.3) is 0 Å². The molecule has 0 aliphatic rings. The van der Waals surface area contributed by atoms with Crippen LogP contribution < -0.4 is 11.5 Å². The van der Waals surface area contributed by atoms with E-state index in [9.17, 15) is 0 Å². The number of hydrogen-bond acceptors (Lipinski definition) is 3. The molecule has 10 heavy (non-hydrogen) atoms. The van der Waals surface area contributed by atoms with Crippen molar-refractivity contribution in [3.05, 3.63) is 18.0 Å². The lowest BCUT2D eigenvalue weighted by molar-refractivity contribution is 0.730. The van der Waals surface area contributed by atoms with Crippen LogP contribution in [0.5, 0.6) is 0 Å². The predicted molar refractivity (Wildman–Crippen MR) is 39.2 cm³/mol. The lowest BCUT2D eigenvalue weighted by atomic mass is 10.2. The number of hydrogen-bond donors (Lipinski definition) is 2. The molecule has 0 saturated carbocycles. The maximum absolute atomic E-state index is 5.63. The predicted octanol–water partition coefficient (Wildman–Crippen LogP) is -0.621. The van der Waals surface area contributed by atoms with E-state index in [1.807, 2.05) is 13.2 Å². The van der Waals surface area contributed by atoms with Gasteiger partial charge >= 0.3 is 0 Å². The average molecular weight is 140 g/mol. The Balaban J connectivity index is 2.74. The summed E-state index contributed by atoms with van der Waals surface area (Å²) in [6.45, 7) is 0.464. The van der Waals surface area contributed by atoms with Crippen molar-refractivity contribution in [2.75, 3.05) is 6.54 Å². The van der Waals surface area contributed by atoms with Crippen LogP contribution in [0.3, 0.4) is 0 Å². The molecule has 0 amide bonds. The summed E-state index contributed by atoms with van der Waals surface area (Å²) in [7, 11) is 1.85. The van der Waals surface area contributed by atoms with Crippen molar-refractivity contribution in [1.29, 1.82) is 0 Å². The summed E-state index contributed by atoms with van der Waals surface area (Å²) in [6.07, 6.45) is 3.61. The molecular weight excluding hydrogens is 128 g/mol. The van der Waals surface area contributed by atoms with Gasteiger partial charge in [-0.2, -0.15) is 5.10 Å². The second kappa shape index (κ2) is 2.81. The summed E-state index contributed by atoms with van der Waals surface area (Å²) in [5, 5.41) is 3.97. The Hall–Kier alpha value is -0.870. The number of nitrogens with two attached hydrogens (primary N) is 2. The Labute approximate surface area is 59.8 Å². The van der Waals surface area contributed by atoms with Crippen molar-refractivity contribution in [2.45, 2.75) is 6.04 Å². The molecule has 0 aromatic carbocycles. The van der Waals surface area contributed by atoms with Gasteiger partial charge in [-0.3, -0.25) is 4.68 Å². The Morgan fingerprint density at radius 2 is 2.50 bits per heavy atom. The molecule has 1 aromatic rings. The SMILES string of the molecule is Cn1cc([C@H](N)CN)cn1. The zero-order valence-corrected chi connectivity index (χ0v) is 5.99. The highest BCUT2D eigenvalue weighted by Gasteiger charge is 2.03. The summed E-state index contributed by atoms with van der Waals surface area (Å²) in [5.41, 5.74) is 12.0. The largest absolute Gasteiger partial charge is 0.329 e. The van der Waals surface area contributed by atoms with E-state index >= 15 is 0 Å². The van der Waals surface area contributed by atoms with E-state index < -0.39 is 0 Å². The van der Waals surface area contributed by atoms with Gasteiger partial charge in [-0.15, -0.1) is 0 Å². The molecule has 4 nitrogen and oxygen atoms in total. The first-order chi connectivity index (χ1) is 4.74. The topological polar surface area (TPSA) is 69.9 Å². The number of aryl methyl sites for hydroxylation is 1. The summed E-state index contributed by atoms with van der Waals surface area (Å²) in [4.78, 5) is 0. The fourth-order valence-corrected chi connectivity index (χ4v) is 0.768. The van der Waals surface area contributed by atoms with Crippen LogP contribution in [0.25, 0.3) is 0 Å². The number of rotatable bonds is 2. The number of aromatic nitrogens is 2. The third-order valence-electron chi connectivity index (χ3n) is 1.41. The second-order valence-electron chi connectivity index (χ2n) is 2.29. The van der Waals surface area contributed by atoms with Crippen molar-refractivity contribution < 1.29 is 0 Å². The molecule has 1 aromatic heterocycles. The zero-order chi connectivity index (χ0) is 7.56. The van der Waals surface area contributed by atoms with Gasteiger partial charge in [0, 0.05) is 31.4 Å². The van der Waals surface area contributed by atoms with Crippen LogP contribution in [0, 0.1) is 0 Å². The minimum Gasteiger partial charge on any atom is -0.329 e. The van der Waals surface area contributed by atoms with E-state index in [2.05, 4.69) is 5.10 Å². The highest BCUT2D eigenvalue weighted by Crippen LogP contribution is 2.05. The quantitative estimate of drug-likeness (QED) is 0.575. The molecular formula is C6H12N4. The molecule has 0 fully saturated rings. The molecule has 0 radical (unpaired) electrons. The smallest absolute Gasteiger partial charge is 0.0537 e. The average Bonchev–Trinajstić information content (AvgIpc) is 2.34. The maximum Gasteiger partial charge on any atom is 0.0537 e. The molecule has 0 saturated heterocycles. The van der Waals surface area contributed by atoms with E-state index in [0.717, 1.165) is 5.56 Å². The third kappa shape index (κ3) is 1.34. The first-order valence-electron chi connectivity index (χ1n) is 3.18. The Morgan fingerprint density at radius 1 is 1.80 bits per heavy atom. The number of nitrogens with zero attached hydrogens (tertiary/aromatic N) is 2. The second-order valence-corrected chi connectivity index (χ2v) is 2.29. The molecule has 0 aliphatic carbocycles. The molecule has 56 valence electrons. The van der Waals surface area contributed by atoms with Crippen molar-refractivity contribution in [1.82, 2.24) is 9.78 Å². The van der Waals surface area contributed by atoms with Crippen LogP contribution in [0.4, 0.5) is 0 Å². The van der Waals surface area contributed by atoms with Gasteiger partial charge in [0.1, 0.15) is 0 Å². The molecule has 0 bridgehead atoms. The van der Waals surface area contributed by atoms with Gasteiger partial charge in [0.2, 0.25) is 0 Å². The molecule has 0 spiro atoms. The fourth-order valence-electron chi connectivity index (χ4n) is 0.768. The lowest BCUT2D eigenvalue weighted by Crippen LogP contribution is -2.20. The first-order valence-corrected chi connectivity index (χ1v) is 3.18. The Kier molecular flexibility index (Phi) is 2.03. The highest BCUT2D eigenvalue weighted by molar-refractivity contribution is 5.09. The van der Waals surface area contributed by atoms with Gasteiger partial charge < -0.3 is 11.5 Å². The van der Waals surface area contributed by atoms with Crippen molar-refractivity contribution >= 4 is 0 Å². The van der Waals surface area contributed by atoms with Gasteiger partial charge in [-0.25, -0.2) is 0 Å². The Morgan fingerprint density at radius 3 is 2.90 bits per heavy atom. The molecule has 0 aliphatic heterocycles. The van der Waals surface area contributed by atoms with Crippen LogP contribution in [0.15, 0.2) is 12.4 Å². The van der Waals surface area contributed by atoms with Crippen molar-refractivity contribution in [2.24, 2.45) is 18.5 Å². The summed E-state index contributed by atoms with van der Waals surface area (Å²) < 4.78 is 1.71. The zero-order valence-electron chi connectivity index (χ0n) is 5.99. The highest BCUT2D eigenvalue weighted by atomic mass is 15.2. The van der Waals surface area contributed by atoms with Crippen LogP contribution >= 0.6 is 0 Å². The monoisotopic (exact) mass is 140 g/mol. The van der Waals surface area contributed by atoms with Crippen LogP contribution in [-0.4, -0.2) is 16.3 Å². The van der Waals surface area contributed by atoms with Crippen LogP contribution in [-0.2, 0) is 7.05 Å². The van der Waals surface area contributed by atoms with E-state index in [1.165, 1.54) is 0 Å². The Bertz CT molecular complexity index is 205. The standard InChI is InChI=1S/C6H12N4/c1-10-4-5(3-9-10)6(8)2-7/h3-4,6H,2,7-8H2,1H3/t6-/m1/s1. The van der Waals surface area contributed by atoms with Crippen LogP contribution in [0.2, 0.25) is 0 Å². The van der Waals surface area contributed by atoms with E-state index in [1.54, 1.807) is 10.9 Å². The van der Waals surface area contributed by atoms with Gasteiger partial charge in [-0.05, 0) is 0 Å². The molecule has 1 heterocycles. The van der Waals surface area contributed by atoms with Crippen molar-refractivity contribution in [3.8, 4) is 0 Å². The van der Waals surface area contributed by atoms with E-state index in [4.69, 9.17) is 11.5 Å². The van der Waals surface area contributed by atoms with Gasteiger partial charge in [0.15, 0.2) is 0 Å². The molecule has 1 atom stereocenters.